The van der Waals surface area contributed by atoms with Gasteiger partial charge in [-0.1, -0.05) is 0 Å². The molecule has 3 atom stereocenters. The summed E-state index contributed by atoms with van der Waals surface area (Å²) in [5.41, 5.74) is -0.687. The van der Waals surface area contributed by atoms with E-state index in [0.29, 0.717) is 12.0 Å². The number of carbonyl (C=O) groups is 5. The second-order valence-corrected chi connectivity index (χ2v) is 16.1. The van der Waals surface area contributed by atoms with Gasteiger partial charge >= 0.3 is 6.18 Å². The minimum Gasteiger partial charge on any atom is -0.369 e. The van der Waals surface area contributed by atoms with E-state index in [2.05, 4.69) is 30.4 Å². The van der Waals surface area contributed by atoms with E-state index in [1.807, 2.05) is 6.07 Å². The van der Waals surface area contributed by atoms with Gasteiger partial charge in [-0.3, -0.25) is 43.8 Å². The Labute approximate surface area is 326 Å². The number of halogens is 3. The summed E-state index contributed by atoms with van der Waals surface area (Å²) in [6.07, 6.45) is 2.83. The van der Waals surface area contributed by atoms with Gasteiger partial charge in [-0.25, -0.2) is 0 Å². The van der Waals surface area contributed by atoms with E-state index in [4.69, 9.17) is 5.26 Å². The predicted octanol–water partition coefficient (Wildman–Crippen LogP) is 4.12. The van der Waals surface area contributed by atoms with Crippen molar-refractivity contribution >= 4 is 46.6 Å². The number of benzene rings is 2. The molecule has 0 spiro atoms. The van der Waals surface area contributed by atoms with Crippen molar-refractivity contribution in [2.24, 2.45) is 5.92 Å². The van der Waals surface area contributed by atoms with E-state index in [-0.39, 0.29) is 35.7 Å². The van der Waals surface area contributed by atoms with Crippen LogP contribution in [-0.4, -0.2) is 100.0 Å². The first-order valence-corrected chi connectivity index (χ1v) is 19.2. The first-order valence-electron chi connectivity index (χ1n) is 19.2. The van der Waals surface area contributed by atoms with Gasteiger partial charge < -0.3 is 15.1 Å². The molecule has 7 heterocycles. The molecule has 0 saturated carbocycles. The number of hydrogen-bond donors (Lipinski definition) is 2. The minimum atomic E-state index is -4.75. The predicted molar refractivity (Wildman–Crippen MR) is 200 cm³/mol. The van der Waals surface area contributed by atoms with Crippen LogP contribution in [0.5, 0.6) is 0 Å². The lowest BCUT2D eigenvalue weighted by Gasteiger charge is -2.40. The Kier molecular flexibility index (Phi) is 9.58. The molecule has 0 radical (unpaired) electrons. The highest BCUT2D eigenvalue weighted by Gasteiger charge is 2.46. The Bertz CT molecular complexity index is 2210. The Balaban J connectivity index is 0.890. The molecule has 1 aromatic heterocycles. The molecule has 9 rings (SSSR count). The zero-order valence-corrected chi connectivity index (χ0v) is 31.5. The molecule has 6 aliphatic rings. The molecular formula is C40H42F3N9O5. The van der Waals surface area contributed by atoms with Crippen LogP contribution in [0.1, 0.15) is 84.2 Å². The summed E-state index contributed by atoms with van der Waals surface area (Å²) in [6, 6.07) is 9.53. The lowest BCUT2D eigenvalue weighted by atomic mass is 9.94. The van der Waals surface area contributed by atoms with Crippen molar-refractivity contribution in [1.82, 2.24) is 24.9 Å². The van der Waals surface area contributed by atoms with Crippen LogP contribution in [0.25, 0.3) is 0 Å². The van der Waals surface area contributed by atoms with Crippen molar-refractivity contribution in [2.45, 2.75) is 82.2 Å². The van der Waals surface area contributed by atoms with Crippen LogP contribution in [0.3, 0.4) is 0 Å². The van der Waals surface area contributed by atoms with Crippen molar-refractivity contribution in [2.75, 3.05) is 47.8 Å². The summed E-state index contributed by atoms with van der Waals surface area (Å²) in [4.78, 5) is 72.5. The summed E-state index contributed by atoms with van der Waals surface area (Å²) in [6.45, 7) is 7.45. The van der Waals surface area contributed by atoms with Crippen molar-refractivity contribution in [3.63, 3.8) is 0 Å². The Morgan fingerprint density at radius 2 is 1.65 bits per heavy atom. The van der Waals surface area contributed by atoms with E-state index in [1.54, 1.807) is 44.4 Å². The quantitative estimate of drug-likeness (QED) is 0.333. The highest BCUT2D eigenvalue weighted by molar-refractivity contribution is 6.23. The third-order valence-electron chi connectivity index (χ3n) is 12.2. The first-order chi connectivity index (χ1) is 27.1. The first kappa shape index (κ1) is 38.1. The molecule has 2 bridgehead atoms. The molecule has 17 heteroatoms. The second kappa shape index (κ2) is 14.3. The number of hydrogen-bond acceptors (Lipinski definition) is 10. The number of aromatic nitrogens is 2. The third-order valence-corrected chi connectivity index (χ3v) is 12.2. The SMILES string of the molecule is CC(C)(C(=O)Nc1ccc(C#N)c(C(F)(F)F)c1)n1cc(N2CCC(N3CC4CCC(C3)N(c3ccc5c(c3)C(=O)N(C3CCC(=O)NC3=O)C5=O)C4)CC2)cn1. The highest BCUT2D eigenvalue weighted by atomic mass is 19.4. The van der Waals surface area contributed by atoms with Gasteiger partial charge in [0.2, 0.25) is 11.8 Å². The minimum absolute atomic E-state index is 0.0649. The number of piperidine rings is 3. The highest BCUT2D eigenvalue weighted by Crippen LogP contribution is 2.38. The topological polar surface area (TPSA) is 164 Å². The lowest BCUT2D eigenvalue weighted by Crippen LogP contribution is -2.54. The van der Waals surface area contributed by atoms with Crippen LogP contribution in [0.2, 0.25) is 0 Å². The molecule has 298 valence electrons. The number of imide groups is 2. The van der Waals surface area contributed by atoms with Gasteiger partial charge in [0, 0.05) is 68.8 Å². The van der Waals surface area contributed by atoms with Crippen LogP contribution in [0.15, 0.2) is 48.8 Å². The van der Waals surface area contributed by atoms with Crippen molar-refractivity contribution in [3.8, 4) is 6.07 Å². The van der Waals surface area contributed by atoms with E-state index in [1.165, 1.54) is 10.7 Å². The average Bonchev–Trinajstić information content (AvgIpc) is 3.64. The summed E-state index contributed by atoms with van der Waals surface area (Å²) < 4.78 is 42.0. The van der Waals surface area contributed by atoms with E-state index < -0.39 is 58.4 Å². The molecule has 14 nitrogen and oxygen atoms in total. The summed E-state index contributed by atoms with van der Waals surface area (Å²) in [7, 11) is 0. The zero-order chi connectivity index (χ0) is 40.4. The summed E-state index contributed by atoms with van der Waals surface area (Å²) in [5.74, 6) is -2.21. The Morgan fingerprint density at radius 3 is 2.37 bits per heavy atom. The van der Waals surface area contributed by atoms with Gasteiger partial charge in [-0.05, 0) is 88.3 Å². The van der Waals surface area contributed by atoms with Gasteiger partial charge in [0.05, 0.1) is 40.2 Å². The third kappa shape index (κ3) is 7.00. The molecule has 6 aliphatic heterocycles. The van der Waals surface area contributed by atoms with E-state index in [0.717, 1.165) is 86.8 Å². The fraction of sp³-hybridized carbons (Fsp3) is 0.475. The van der Waals surface area contributed by atoms with Crippen LogP contribution in [-0.2, 0) is 26.1 Å². The maximum Gasteiger partial charge on any atom is 0.417 e. The smallest absolute Gasteiger partial charge is 0.369 e. The summed E-state index contributed by atoms with van der Waals surface area (Å²) in [5, 5.41) is 18.4. The molecule has 3 aromatic rings. The Hall–Kier alpha value is -5.76. The average molecular weight is 786 g/mol. The number of carbonyl (C=O) groups excluding carboxylic acids is 5. The monoisotopic (exact) mass is 785 g/mol. The van der Waals surface area contributed by atoms with Gasteiger partial charge in [0.15, 0.2) is 0 Å². The maximum absolute atomic E-state index is 13.5. The van der Waals surface area contributed by atoms with Gasteiger partial charge in [0.25, 0.3) is 17.7 Å². The number of rotatable bonds is 7. The number of amides is 5. The molecular weight excluding hydrogens is 743 g/mol. The molecule has 0 aliphatic carbocycles. The number of fused-ring (bicyclic) bond motifs is 5. The zero-order valence-electron chi connectivity index (χ0n) is 31.5. The van der Waals surface area contributed by atoms with Gasteiger partial charge in [-0.15, -0.1) is 0 Å². The largest absolute Gasteiger partial charge is 0.417 e. The molecule has 3 unspecified atom stereocenters. The van der Waals surface area contributed by atoms with Crippen LogP contribution in [0, 0.1) is 17.2 Å². The van der Waals surface area contributed by atoms with Crippen LogP contribution < -0.4 is 20.4 Å². The fourth-order valence-electron chi connectivity index (χ4n) is 8.98. The normalized spacial score (nSPS) is 23.4. The molecule has 5 amide bonds. The Morgan fingerprint density at radius 1 is 0.895 bits per heavy atom. The number of nitriles is 1. The molecule has 5 saturated heterocycles. The van der Waals surface area contributed by atoms with Gasteiger partial charge in [0.1, 0.15) is 11.6 Å². The van der Waals surface area contributed by atoms with Crippen molar-refractivity contribution in [1.29, 1.82) is 5.26 Å². The van der Waals surface area contributed by atoms with E-state index in [9.17, 15) is 37.1 Å². The lowest BCUT2D eigenvalue weighted by molar-refractivity contribution is -0.138. The second-order valence-electron chi connectivity index (χ2n) is 16.1. The number of anilines is 3. The number of nitrogens with one attached hydrogen (secondary N) is 2. The van der Waals surface area contributed by atoms with Gasteiger partial charge in [-0.2, -0.15) is 23.5 Å². The number of nitrogens with zero attached hydrogens (tertiary/aromatic N) is 7. The standard InChI is InChI=1S/C40H42F3N9O5/c1-39(2,38(57)46-25-5-4-24(17-44)32(15-25)40(41,42)43)51-22-29(18-45-51)48-13-11-26(12-14-48)49-19-23-3-6-28(21-49)50(20-23)27-7-8-30-31(16-27)37(56)52(36(30)55)33-9-10-34(53)47-35(33)54/h4-5,7-8,15-16,18,22-23,26,28,33H,3,6,9-14,19-21H2,1-2H3,(H,46,57)(H,47,53,54). The number of alkyl halides is 3. The maximum atomic E-state index is 13.5. The fourth-order valence-corrected chi connectivity index (χ4v) is 8.98. The molecule has 2 N–H and O–H groups in total. The van der Waals surface area contributed by atoms with E-state index >= 15 is 0 Å². The van der Waals surface area contributed by atoms with Crippen LogP contribution >= 0.6 is 0 Å². The van der Waals surface area contributed by atoms with Crippen LogP contribution in [0.4, 0.5) is 30.2 Å². The van der Waals surface area contributed by atoms with Crippen molar-refractivity contribution < 1.29 is 37.1 Å². The molecule has 2 aromatic carbocycles. The summed E-state index contributed by atoms with van der Waals surface area (Å²) >= 11 is 0. The van der Waals surface area contributed by atoms with Crippen molar-refractivity contribution in [3.05, 3.63) is 71.0 Å². The molecule has 5 fully saturated rings. The molecule has 57 heavy (non-hydrogen) atoms.